The Hall–Kier alpha value is -2.54. The van der Waals surface area contributed by atoms with Crippen molar-refractivity contribution in [1.82, 2.24) is 10.6 Å². The molecule has 0 spiro atoms. The number of rotatable bonds is 5. The van der Waals surface area contributed by atoms with E-state index in [2.05, 4.69) is 26.6 Å². The van der Waals surface area contributed by atoms with Crippen molar-refractivity contribution in [3.05, 3.63) is 75.8 Å². The van der Waals surface area contributed by atoms with Crippen LogP contribution in [0, 0.1) is 11.6 Å². The van der Waals surface area contributed by atoms with Gasteiger partial charge in [-0.3, -0.25) is 9.59 Å². The van der Waals surface area contributed by atoms with Crippen LogP contribution in [0.3, 0.4) is 0 Å². The molecule has 0 aliphatic heterocycles. The Labute approximate surface area is 152 Å². The van der Waals surface area contributed by atoms with E-state index >= 15 is 0 Å². The monoisotopic (exact) mass is 408 g/mol. The Balaban J connectivity index is 2.19. The minimum Gasteiger partial charge on any atom is -0.357 e. The van der Waals surface area contributed by atoms with E-state index in [1.54, 1.807) is 12.1 Å². The maximum absolute atomic E-state index is 13.4. The quantitative estimate of drug-likeness (QED) is 0.745. The summed E-state index contributed by atoms with van der Waals surface area (Å²) >= 11 is 3.36. The molecule has 2 aromatic carbocycles. The molecular weight excluding hydrogens is 394 g/mol. The molecule has 25 heavy (non-hydrogen) atoms. The molecular formula is C18H15BrF2N2O2. The van der Waals surface area contributed by atoms with E-state index in [9.17, 15) is 18.4 Å². The summed E-state index contributed by atoms with van der Waals surface area (Å²) in [5.41, 5.74) is 0.919. The van der Waals surface area contributed by atoms with Crippen molar-refractivity contribution in [2.24, 2.45) is 0 Å². The van der Waals surface area contributed by atoms with E-state index in [-0.39, 0.29) is 5.56 Å². The highest BCUT2D eigenvalue weighted by Crippen LogP contribution is 2.18. The fraction of sp³-hybridized carbons (Fsp3) is 0.111. The fourth-order valence-corrected chi connectivity index (χ4v) is 2.52. The molecule has 0 aliphatic rings. The van der Waals surface area contributed by atoms with Gasteiger partial charge in [-0.05, 0) is 35.4 Å². The van der Waals surface area contributed by atoms with Crippen LogP contribution < -0.4 is 10.6 Å². The predicted octanol–water partition coefficient (Wildman–Crippen LogP) is 3.34. The van der Waals surface area contributed by atoms with Gasteiger partial charge in [0.25, 0.3) is 0 Å². The van der Waals surface area contributed by atoms with Crippen LogP contribution >= 0.6 is 15.9 Å². The third kappa shape index (κ3) is 4.96. The average molecular weight is 409 g/mol. The first kappa shape index (κ1) is 18.8. The summed E-state index contributed by atoms with van der Waals surface area (Å²) in [7, 11) is 1.39. The standard InChI is InChI=1S/C18H15BrF2N2O2/c1-22-18(25)17(12-6-8-14(20)15(21)10-12)23-16(24)9-7-11-4-2-3-5-13(11)19/h2-10,17H,1H3,(H,22,25)(H,23,24)/b9-7+. The zero-order chi connectivity index (χ0) is 18.4. The number of benzene rings is 2. The van der Waals surface area contributed by atoms with Gasteiger partial charge in [0.15, 0.2) is 11.6 Å². The van der Waals surface area contributed by atoms with Crippen LogP contribution in [0.2, 0.25) is 0 Å². The van der Waals surface area contributed by atoms with Crippen LogP contribution in [0.5, 0.6) is 0 Å². The number of carbonyl (C=O) groups is 2. The average Bonchev–Trinajstić information content (AvgIpc) is 2.61. The van der Waals surface area contributed by atoms with Gasteiger partial charge in [0.2, 0.25) is 11.8 Å². The molecule has 0 aromatic heterocycles. The molecule has 0 fully saturated rings. The van der Waals surface area contributed by atoms with E-state index in [0.717, 1.165) is 22.2 Å². The summed E-state index contributed by atoms with van der Waals surface area (Å²) in [6.45, 7) is 0. The van der Waals surface area contributed by atoms with Crippen molar-refractivity contribution >= 4 is 33.8 Å². The molecule has 0 aliphatic carbocycles. The van der Waals surface area contributed by atoms with E-state index < -0.39 is 29.5 Å². The number of hydrogen-bond acceptors (Lipinski definition) is 2. The van der Waals surface area contributed by atoms with Gasteiger partial charge in [0.1, 0.15) is 6.04 Å². The van der Waals surface area contributed by atoms with Crippen LogP contribution in [0.25, 0.3) is 6.08 Å². The first-order valence-corrected chi connectivity index (χ1v) is 8.11. The van der Waals surface area contributed by atoms with E-state index in [4.69, 9.17) is 0 Å². The molecule has 0 radical (unpaired) electrons. The highest BCUT2D eigenvalue weighted by atomic mass is 79.9. The zero-order valence-corrected chi connectivity index (χ0v) is 14.8. The molecule has 2 aromatic rings. The van der Waals surface area contributed by atoms with Gasteiger partial charge >= 0.3 is 0 Å². The van der Waals surface area contributed by atoms with Gasteiger partial charge in [-0.1, -0.05) is 40.2 Å². The van der Waals surface area contributed by atoms with Crippen molar-refractivity contribution in [2.75, 3.05) is 7.05 Å². The summed E-state index contributed by atoms with van der Waals surface area (Å²) in [6, 6.07) is 9.18. The molecule has 0 bridgehead atoms. The van der Waals surface area contributed by atoms with Gasteiger partial charge in [0.05, 0.1) is 0 Å². The predicted molar refractivity (Wildman–Crippen MR) is 94.5 cm³/mol. The summed E-state index contributed by atoms with van der Waals surface area (Å²) in [6.07, 6.45) is 2.83. The number of carbonyl (C=O) groups excluding carboxylic acids is 2. The number of nitrogens with one attached hydrogen (secondary N) is 2. The second-order valence-electron chi connectivity index (χ2n) is 5.08. The lowest BCUT2D eigenvalue weighted by Gasteiger charge is -2.17. The van der Waals surface area contributed by atoms with Crippen molar-refractivity contribution in [3.63, 3.8) is 0 Å². The Kier molecular flexibility index (Phi) is 6.41. The lowest BCUT2D eigenvalue weighted by atomic mass is 10.1. The number of halogens is 3. The maximum atomic E-state index is 13.4. The molecule has 4 nitrogen and oxygen atoms in total. The Morgan fingerprint density at radius 1 is 1.12 bits per heavy atom. The summed E-state index contributed by atoms with van der Waals surface area (Å²) in [4.78, 5) is 24.1. The zero-order valence-electron chi connectivity index (χ0n) is 13.2. The van der Waals surface area contributed by atoms with E-state index in [1.165, 1.54) is 19.2 Å². The molecule has 0 saturated carbocycles. The van der Waals surface area contributed by atoms with Crippen LogP contribution in [-0.2, 0) is 9.59 Å². The van der Waals surface area contributed by atoms with Gasteiger partial charge < -0.3 is 10.6 Å². The van der Waals surface area contributed by atoms with Crippen LogP contribution in [0.15, 0.2) is 53.0 Å². The first-order valence-electron chi connectivity index (χ1n) is 7.32. The number of amides is 2. The molecule has 1 unspecified atom stereocenters. The second-order valence-corrected chi connectivity index (χ2v) is 5.94. The molecule has 0 heterocycles. The molecule has 130 valence electrons. The van der Waals surface area contributed by atoms with Crippen LogP contribution in [-0.4, -0.2) is 18.9 Å². The highest BCUT2D eigenvalue weighted by molar-refractivity contribution is 9.10. The van der Waals surface area contributed by atoms with Crippen molar-refractivity contribution < 1.29 is 18.4 Å². The smallest absolute Gasteiger partial charge is 0.246 e. The van der Waals surface area contributed by atoms with Crippen LogP contribution in [0.1, 0.15) is 17.2 Å². The fourth-order valence-electron chi connectivity index (χ4n) is 2.10. The Morgan fingerprint density at radius 2 is 1.84 bits per heavy atom. The lowest BCUT2D eigenvalue weighted by molar-refractivity contribution is -0.126. The van der Waals surface area contributed by atoms with Crippen molar-refractivity contribution in [1.29, 1.82) is 0 Å². The summed E-state index contributed by atoms with van der Waals surface area (Å²) < 4.78 is 27.3. The van der Waals surface area contributed by atoms with Crippen LogP contribution in [0.4, 0.5) is 8.78 Å². The number of likely N-dealkylation sites (N-methyl/N-ethyl adjacent to an activating group) is 1. The lowest BCUT2D eigenvalue weighted by Crippen LogP contribution is -2.38. The molecule has 0 saturated heterocycles. The number of hydrogen-bond donors (Lipinski definition) is 2. The Morgan fingerprint density at radius 3 is 2.48 bits per heavy atom. The van der Waals surface area contributed by atoms with Gasteiger partial charge in [-0.2, -0.15) is 0 Å². The molecule has 7 heteroatoms. The molecule has 2 amide bonds. The normalized spacial score (nSPS) is 12.0. The SMILES string of the molecule is CNC(=O)C(NC(=O)/C=C/c1ccccc1Br)c1ccc(F)c(F)c1. The van der Waals surface area contributed by atoms with Crippen molar-refractivity contribution in [2.45, 2.75) is 6.04 Å². The van der Waals surface area contributed by atoms with E-state index in [1.807, 2.05) is 18.2 Å². The summed E-state index contributed by atoms with van der Waals surface area (Å²) in [5.74, 6) is -3.22. The minimum atomic E-state index is -1.14. The van der Waals surface area contributed by atoms with Gasteiger partial charge in [-0.15, -0.1) is 0 Å². The maximum Gasteiger partial charge on any atom is 0.246 e. The van der Waals surface area contributed by atoms with Gasteiger partial charge in [0, 0.05) is 17.6 Å². The molecule has 2 rings (SSSR count). The van der Waals surface area contributed by atoms with E-state index in [0.29, 0.717) is 0 Å². The highest BCUT2D eigenvalue weighted by Gasteiger charge is 2.22. The second kappa shape index (κ2) is 8.53. The van der Waals surface area contributed by atoms with Gasteiger partial charge in [-0.25, -0.2) is 8.78 Å². The summed E-state index contributed by atoms with van der Waals surface area (Å²) in [5, 5.41) is 4.86. The minimum absolute atomic E-state index is 0.140. The Bertz CT molecular complexity index is 824. The molecule has 1 atom stereocenters. The third-order valence-electron chi connectivity index (χ3n) is 3.39. The molecule has 2 N–H and O–H groups in total. The largest absolute Gasteiger partial charge is 0.357 e. The third-order valence-corrected chi connectivity index (χ3v) is 4.11. The van der Waals surface area contributed by atoms with Crippen molar-refractivity contribution in [3.8, 4) is 0 Å². The topological polar surface area (TPSA) is 58.2 Å². The first-order chi connectivity index (χ1) is 11.9.